The third-order valence-corrected chi connectivity index (χ3v) is 8.28. The molecule has 0 atom stereocenters. The number of hydrogen-bond acceptors (Lipinski definition) is 7. The summed E-state index contributed by atoms with van der Waals surface area (Å²) in [6.07, 6.45) is 6.66. The highest BCUT2D eigenvalue weighted by Gasteiger charge is 2.57. The van der Waals surface area contributed by atoms with Gasteiger partial charge in [-0.1, -0.05) is 27.2 Å². The number of hydrogen-bond donors (Lipinski definition) is 2. The molecule has 3 aromatic rings. The summed E-state index contributed by atoms with van der Waals surface area (Å²) in [5.74, 6) is 0.0963. The van der Waals surface area contributed by atoms with Crippen LogP contribution in [-0.2, 0) is 20.2 Å². The molecule has 1 aromatic carbocycles. The van der Waals surface area contributed by atoms with Gasteiger partial charge in [0.25, 0.3) is 0 Å². The van der Waals surface area contributed by atoms with Crippen molar-refractivity contribution in [3.63, 3.8) is 0 Å². The molecular weight excluding hydrogens is 521 g/mol. The molecule has 0 unspecified atom stereocenters. The van der Waals surface area contributed by atoms with Gasteiger partial charge < -0.3 is 15.0 Å². The number of carbonyl (C=O) groups is 1. The van der Waals surface area contributed by atoms with Gasteiger partial charge in [0, 0.05) is 54.0 Å². The second kappa shape index (κ2) is 10.0. The van der Waals surface area contributed by atoms with Gasteiger partial charge in [-0.25, -0.2) is 17.8 Å². The van der Waals surface area contributed by atoms with Gasteiger partial charge in [-0.2, -0.15) is 0 Å². The topological polar surface area (TPSA) is 114 Å². The third kappa shape index (κ3) is 4.93. The van der Waals surface area contributed by atoms with E-state index in [9.17, 15) is 13.2 Å². The first kappa shape index (κ1) is 27.3. The van der Waals surface area contributed by atoms with Crippen LogP contribution < -0.4 is 19.7 Å². The molecule has 2 aliphatic rings. The van der Waals surface area contributed by atoms with E-state index in [0.29, 0.717) is 28.9 Å². The van der Waals surface area contributed by atoms with Crippen LogP contribution in [0.3, 0.4) is 0 Å². The summed E-state index contributed by atoms with van der Waals surface area (Å²) in [5.41, 5.74) is 2.21. The van der Waals surface area contributed by atoms with Crippen molar-refractivity contribution in [2.75, 3.05) is 36.1 Å². The number of nitrogens with zero attached hydrogens (tertiary/aromatic N) is 3. The van der Waals surface area contributed by atoms with Gasteiger partial charge >= 0.3 is 0 Å². The van der Waals surface area contributed by atoms with Crippen LogP contribution in [-0.4, -0.2) is 56.8 Å². The molecule has 11 heteroatoms. The molecule has 1 aliphatic heterocycles. The number of halogens is 1. The molecule has 1 amide bonds. The van der Waals surface area contributed by atoms with Crippen LogP contribution in [0, 0.1) is 11.7 Å². The predicted molar refractivity (Wildman–Crippen MR) is 150 cm³/mol. The SMILES string of the molecule is CC[C@H]1C[C@]2(C1)C(=O)N(C)c1cnc3cc(F)c(-c4cnc(OCCNC(C)C)c(NS(C)(=O)=O)c4)cc3c12. The third-order valence-electron chi connectivity index (χ3n) is 7.69. The highest BCUT2D eigenvalue weighted by atomic mass is 32.2. The Morgan fingerprint density at radius 2 is 1.95 bits per heavy atom. The summed E-state index contributed by atoms with van der Waals surface area (Å²) in [7, 11) is -1.90. The number of nitrogens with one attached hydrogen (secondary N) is 2. The first-order chi connectivity index (χ1) is 18.4. The van der Waals surface area contributed by atoms with Gasteiger partial charge in [-0.3, -0.25) is 14.5 Å². The number of anilines is 2. The smallest absolute Gasteiger partial charge is 0.238 e. The molecule has 0 bridgehead atoms. The highest BCUT2D eigenvalue weighted by molar-refractivity contribution is 7.92. The van der Waals surface area contributed by atoms with E-state index in [4.69, 9.17) is 4.74 Å². The largest absolute Gasteiger partial charge is 0.475 e. The number of carbonyl (C=O) groups excluding carboxylic acids is 1. The van der Waals surface area contributed by atoms with E-state index >= 15 is 4.39 Å². The number of likely N-dealkylation sites (N-methyl/N-ethyl adjacent to an activating group) is 1. The number of fused-ring (bicyclic) bond motifs is 4. The zero-order valence-electron chi connectivity index (χ0n) is 22.8. The molecular formula is C28H34FN5O4S. The van der Waals surface area contributed by atoms with Crippen LogP contribution in [0.2, 0.25) is 0 Å². The fraction of sp³-hybridized carbons (Fsp3) is 0.464. The monoisotopic (exact) mass is 555 g/mol. The van der Waals surface area contributed by atoms with Crippen molar-refractivity contribution in [1.29, 1.82) is 0 Å². The average molecular weight is 556 g/mol. The lowest BCUT2D eigenvalue weighted by atomic mass is 9.58. The fourth-order valence-electron chi connectivity index (χ4n) is 5.79. The predicted octanol–water partition coefficient (Wildman–Crippen LogP) is 4.22. The summed E-state index contributed by atoms with van der Waals surface area (Å²) in [4.78, 5) is 23.8. The van der Waals surface area contributed by atoms with Gasteiger partial charge in [-0.05, 0) is 30.9 Å². The second-order valence-electron chi connectivity index (χ2n) is 10.9. The molecule has 208 valence electrons. The summed E-state index contributed by atoms with van der Waals surface area (Å²) >= 11 is 0. The molecule has 9 nitrogen and oxygen atoms in total. The van der Waals surface area contributed by atoms with Gasteiger partial charge in [0.15, 0.2) is 0 Å². The summed E-state index contributed by atoms with van der Waals surface area (Å²) < 4.78 is 47.8. The van der Waals surface area contributed by atoms with Gasteiger partial charge in [0.2, 0.25) is 21.8 Å². The van der Waals surface area contributed by atoms with Crippen LogP contribution in [0.25, 0.3) is 22.0 Å². The average Bonchev–Trinajstić information content (AvgIpc) is 3.07. The van der Waals surface area contributed by atoms with Gasteiger partial charge in [0.05, 0.1) is 29.1 Å². The quantitative estimate of drug-likeness (QED) is 0.380. The highest BCUT2D eigenvalue weighted by Crippen LogP contribution is 2.58. The van der Waals surface area contributed by atoms with Gasteiger partial charge in [0.1, 0.15) is 18.1 Å². The number of rotatable bonds is 9. The summed E-state index contributed by atoms with van der Waals surface area (Å²) in [5, 5.41) is 3.94. The molecule has 1 fully saturated rings. The maximum absolute atomic E-state index is 15.5. The van der Waals surface area contributed by atoms with Crippen molar-refractivity contribution < 1.29 is 22.3 Å². The molecule has 2 N–H and O–H groups in total. The van der Waals surface area contributed by atoms with E-state index in [0.717, 1.165) is 36.8 Å². The van der Waals surface area contributed by atoms with Gasteiger partial charge in [-0.15, -0.1) is 0 Å². The number of benzene rings is 1. The molecule has 0 saturated heterocycles. The van der Waals surface area contributed by atoms with Crippen molar-refractivity contribution in [2.45, 2.75) is 51.5 Å². The van der Waals surface area contributed by atoms with E-state index in [2.05, 4.69) is 26.9 Å². The van der Waals surface area contributed by atoms with Crippen LogP contribution in [0.1, 0.15) is 45.6 Å². The minimum atomic E-state index is -3.66. The van der Waals surface area contributed by atoms with E-state index in [1.807, 2.05) is 13.8 Å². The van der Waals surface area contributed by atoms with Crippen molar-refractivity contribution in [2.24, 2.45) is 5.92 Å². The summed E-state index contributed by atoms with van der Waals surface area (Å²) in [6.45, 7) is 6.96. The van der Waals surface area contributed by atoms with E-state index in [1.165, 1.54) is 18.3 Å². The Morgan fingerprint density at radius 1 is 1.21 bits per heavy atom. The number of sulfonamides is 1. The van der Waals surface area contributed by atoms with Crippen LogP contribution >= 0.6 is 0 Å². The Labute approximate surface area is 228 Å². The van der Waals surface area contributed by atoms with Crippen molar-refractivity contribution in [1.82, 2.24) is 15.3 Å². The Bertz CT molecular complexity index is 1550. The lowest BCUT2D eigenvalue weighted by Crippen LogP contribution is -2.48. The van der Waals surface area contributed by atoms with E-state index < -0.39 is 21.3 Å². The minimum Gasteiger partial charge on any atom is -0.475 e. The van der Waals surface area contributed by atoms with E-state index in [1.54, 1.807) is 24.2 Å². The minimum absolute atomic E-state index is 0.0529. The number of aromatic nitrogens is 2. The van der Waals surface area contributed by atoms with Crippen LogP contribution in [0.4, 0.5) is 15.8 Å². The van der Waals surface area contributed by atoms with Crippen molar-refractivity contribution in [3.8, 4) is 17.0 Å². The molecule has 1 spiro atoms. The molecule has 1 aliphatic carbocycles. The van der Waals surface area contributed by atoms with Crippen LogP contribution in [0.5, 0.6) is 5.88 Å². The zero-order valence-corrected chi connectivity index (χ0v) is 23.7. The zero-order chi connectivity index (χ0) is 28.1. The number of amides is 1. The molecule has 3 heterocycles. The fourth-order valence-corrected chi connectivity index (χ4v) is 6.34. The second-order valence-corrected chi connectivity index (χ2v) is 12.7. The maximum atomic E-state index is 15.5. The van der Waals surface area contributed by atoms with Crippen molar-refractivity contribution in [3.05, 3.63) is 42.0 Å². The molecule has 39 heavy (non-hydrogen) atoms. The first-order valence-electron chi connectivity index (χ1n) is 13.2. The van der Waals surface area contributed by atoms with Crippen molar-refractivity contribution >= 4 is 38.2 Å². The molecule has 1 saturated carbocycles. The maximum Gasteiger partial charge on any atom is 0.238 e. The standard InChI is InChI=1S/C28H34FN5O4S/c1-6-17-12-28(13-17)25-20-10-19(21(29)11-22(20)31-15-24(25)34(4)27(28)35)18-9-23(33-39(5,36)37)26(32-14-18)38-8-7-30-16(2)3/h9-11,14-17,30,33H,6-8,12-13H2,1-5H3/t17-,28+. The Kier molecular flexibility index (Phi) is 7.00. The van der Waals surface area contributed by atoms with Crippen LogP contribution in [0.15, 0.2) is 30.6 Å². The molecule has 2 aromatic heterocycles. The summed E-state index contributed by atoms with van der Waals surface area (Å²) in [6, 6.07) is 4.86. The number of pyridine rings is 2. The molecule has 5 rings (SSSR count). The Hall–Kier alpha value is -3.31. The number of ether oxygens (including phenoxy) is 1. The normalized spacial score (nSPS) is 20.5. The lowest BCUT2D eigenvalue weighted by molar-refractivity contribution is -0.127. The Morgan fingerprint density at radius 3 is 2.62 bits per heavy atom. The first-order valence-corrected chi connectivity index (χ1v) is 15.1. The molecule has 0 radical (unpaired) electrons. The van der Waals surface area contributed by atoms with E-state index in [-0.39, 0.29) is 35.7 Å². The lowest BCUT2D eigenvalue weighted by Gasteiger charge is -2.44. The Balaban J connectivity index is 1.59.